The molecule has 1 aromatic heterocycles. The van der Waals surface area contributed by atoms with Crippen molar-refractivity contribution in [3.63, 3.8) is 0 Å². The number of hydrogen-bond acceptors (Lipinski definition) is 6. The second kappa shape index (κ2) is 7.87. The molecule has 9 heteroatoms. The van der Waals surface area contributed by atoms with Gasteiger partial charge in [0.15, 0.2) is 5.69 Å². The van der Waals surface area contributed by atoms with Gasteiger partial charge >= 0.3 is 0 Å². The first-order chi connectivity index (χ1) is 13.4. The maximum atomic E-state index is 12.3. The number of nitro groups is 1. The van der Waals surface area contributed by atoms with Gasteiger partial charge in [0.05, 0.1) is 10.4 Å². The molecule has 0 spiro atoms. The van der Waals surface area contributed by atoms with Gasteiger partial charge in [0, 0.05) is 41.9 Å². The number of anilines is 1. The van der Waals surface area contributed by atoms with Gasteiger partial charge < -0.3 is 15.0 Å². The number of aromatic nitrogens is 1. The van der Waals surface area contributed by atoms with E-state index in [0.29, 0.717) is 16.5 Å². The van der Waals surface area contributed by atoms with Gasteiger partial charge in [0.2, 0.25) is 5.88 Å². The molecule has 3 aromatic rings. The number of azo groups is 1. The van der Waals surface area contributed by atoms with Crippen LogP contribution in [0.2, 0.25) is 0 Å². The van der Waals surface area contributed by atoms with Crippen LogP contribution in [0.1, 0.15) is 24.2 Å². The Morgan fingerprint density at radius 1 is 1.18 bits per heavy atom. The summed E-state index contributed by atoms with van der Waals surface area (Å²) in [4.78, 5) is 27.5. The summed E-state index contributed by atoms with van der Waals surface area (Å²) in [5, 5.41) is 28.7. The van der Waals surface area contributed by atoms with E-state index >= 15 is 0 Å². The van der Waals surface area contributed by atoms with Crippen molar-refractivity contribution >= 4 is 33.9 Å². The van der Waals surface area contributed by atoms with Crippen LogP contribution in [0, 0.1) is 10.1 Å². The van der Waals surface area contributed by atoms with Crippen LogP contribution in [0.15, 0.2) is 52.7 Å². The van der Waals surface area contributed by atoms with Crippen molar-refractivity contribution < 1.29 is 14.8 Å². The lowest BCUT2D eigenvalue weighted by Gasteiger charge is -2.20. The number of aromatic hydroxyl groups is 1. The topological polar surface area (TPSA) is 124 Å². The number of benzene rings is 2. The number of aromatic amines is 1. The maximum Gasteiger partial charge on any atom is 0.295 e. The highest BCUT2D eigenvalue weighted by Gasteiger charge is 2.15. The van der Waals surface area contributed by atoms with Crippen LogP contribution in [0.25, 0.3) is 10.9 Å². The van der Waals surface area contributed by atoms with Crippen molar-refractivity contribution in [2.24, 2.45) is 10.2 Å². The molecular formula is C19H19N5O4. The third-order valence-corrected chi connectivity index (χ3v) is 4.43. The third-order valence-electron chi connectivity index (χ3n) is 4.43. The van der Waals surface area contributed by atoms with E-state index < -0.39 is 10.8 Å². The monoisotopic (exact) mass is 381 g/mol. The lowest BCUT2D eigenvalue weighted by atomic mass is 10.2. The number of hydrogen-bond donors (Lipinski definition) is 2. The number of nitrogens with one attached hydrogen (secondary N) is 1. The van der Waals surface area contributed by atoms with Gasteiger partial charge in [-0.25, -0.2) is 0 Å². The molecule has 0 aliphatic rings. The average molecular weight is 381 g/mol. The molecule has 0 bridgehead atoms. The molecule has 0 saturated carbocycles. The Balaban J connectivity index is 1.87. The highest BCUT2D eigenvalue weighted by atomic mass is 16.6. The smallest absolute Gasteiger partial charge is 0.295 e. The number of carbonyl (C=O) groups is 1. The number of amides is 1. The SMILES string of the molecule is CCN(CC)c1ccc(C(=O)N=Nc2c(O)[nH]c3ccc([N+](=O)[O-])cc23)cc1. The molecular weight excluding hydrogens is 362 g/mol. The summed E-state index contributed by atoms with van der Waals surface area (Å²) in [6.45, 7) is 5.81. The zero-order chi connectivity index (χ0) is 20.3. The molecule has 0 radical (unpaired) electrons. The lowest BCUT2D eigenvalue weighted by molar-refractivity contribution is -0.384. The number of non-ortho nitro benzene ring substituents is 1. The van der Waals surface area contributed by atoms with Crippen LogP contribution >= 0.6 is 0 Å². The van der Waals surface area contributed by atoms with Crippen molar-refractivity contribution in [2.45, 2.75) is 13.8 Å². The van der Waals surface area contributed by atoms with Crippen LogP contribution < -0.4 is 4.90 Å². The molecule has 0 unspecified atom stereocenters. The van der Waals surface area contributed by atoms with Crippen LogP contribution in [0.3, 0.4) is 0 Å². The number of carbonyl (C=O) groups excluding carboxylic acids is 1. The summed E-state index contributed by atoms with van der Waals surface area (Å²) >= 11 is 0. The van der Waals surface area contributed by atoms with Crippen molar-refractivity contribution in [3.8, 4) is 5.88 Å². The zero-order valence-electron chi connectivity index (χ0n) is 15.4. The van der Waals surface area contributed by atoms with Gasteiger partial charge in [0.25, 0.3) is 11.6 Å². The van der Waals surface area contributed by atoms with E-state index in [-0.39, 0.29) is 17.3 Å². The van der Waals surface area contributed by atoms with E-state index in [0.717, 1.165) is 18.8 Å². The van der Waals surface area contributed by atoms with Gasteiger partial charge in [-0.05, 0) is 44.2 Å². The van der Waals surface area contributed by atoms with Gasteiger partial charge in [-0.15, -0.1) is 10.2 Å². The minimum atomic E-state index is -0.578. The van der Waals surface area contributed by atoms with Crippen LogP contribution in [0.4, 0.5) is 17.1 Å². The number of H-pyrrole nitrogens is 1. The summed E-state index contributed by atoms with van der Waals surface area (Å²) in [5.74, 6) is -0.894. The van der Waals surface area contributed by atoms with E-state index in [1.165, 1.54) is 18.2 Å². The zero-order valence-corrected chi connectivity index (χ0v) is 15.4. The second-order valence-corrected chi connectivity index (χ2v) is 6.03. The molecule has 1 heterocycles. The van der Waals surface area contributed by atoms with E-state index in [4.69, 9.17) is 0 Å². The fourth-order valence-electron chi connectivity index (χ4n) is 2.92. The number of nitro benzene ring substituents is 1. The molecule has 1 amide bonds. The van der Waals surface area contributed by atoms with E-state index in [9.17, 15) is 20.0 Å². The maximum absolute atomic E-state index is 12.3. The molecule has 3 rings (SSSR count). The molecule has 9 nitrogen and oxygen atoms in total. The summed E-state index contributed by atoms with van der Waals surface area (Å²) in [5.41, 5.74) is 1.63. The third kappa shape index (κ3) is 3.68. The Labute approximate surface area is 160 Å². The quantitative estimate of drug-likeness (QED) is 0.368. The average Bonchev–Trinajstić information content (AvgIpc) is 3.01. The normalized spacial score (nSPS) is 11.2. The Hall–Kier alpha value is -3.75. The highest BCUT2D eigenvalue weighted by Crippen LogP contribution is 2.37. The summed E-state index contributed by atoms with van der Waals surface area (Å²) in [6.07, 6.45) is 0. The molecule has 144 valence electrons. The predicted octanol–water partition coefficient (Wildman–Crippen LogP) is 4.55. The number of rotatable bonds is 6. The first-order valence-electron chi connectivity index (χ1n) is 8.74. The van der Waals surface area contributed by atoms with Gasteiger partial charge in [0.1, 0.15) is 0 Å². The Bertz CT molecular complexity index is 1050. The van der Waals surface area contributed by atoms with Crippen LogP contribution in [0.5, 0.6) is 5.88 Å². The van der Waals surface area contributed by atoms with Gasteiger partial charge in [-0.2, -0.15) is 0 Å². The van der Waals surface area contributed by atoms with Crippen LogP contribution in [-0.4, -0.2) is 34.0 Å². The second-order valence-electron chi connectivity index (χ2n) is 6.03. The number of nitrogens with zero attached hydrogens (tertiary/aromatic N) is 4. The molecule has 28 heavy (non-hydrogen) atoms. The van der Waals surface area contributed by atoms with Crippen molar-refractivity contribution in [2.75, 3.05) is 18.0 Å². The Morgan fingerprint density at radius 3 is 2.46 bits per heavy atom. The summed E-state index contributed by atoms with van der Waals surface area (Å²) < 4.78 is 0. The van der Waals surface area contributed by atoms with E-state index in [2.05, 4.69) is 34.0 Å². The van der Waals surface area contributed by atoms with E-state index in [1.807, 2.05) is 12.1 Å². The molecule has 0 atom stereocenters. The molecule has 2 aromatic carbocycles. The molecule has 0 aliphatic heterocycles. The number of fused-ring (bicyclic) bond motifs is 1. The molecule has 0 fully saturated rings. The molecule has 0 aliphatic carbocycles. The molecule has 2 N–H and O–H groups in total. The fraction of sp³-hybridized carbons (Fsp3) is 0.211. The first-order valence-corrected chi connectivity index (χ1v) is 8.74. The first kappa shape index (κ1) is 19.0. The minimum absolute atomic E-state index is 0.0215. The summed E-state index contributed by atoms with van der Waals surface area (Å²) in [7, 11) is 0. The standard InChI is InChI=1S/C19H19N5O4/c1-3-23(4-2)13-7-5-12(6-8-13)18(25)22-21-17-15-11-14(24(27)28)9-10-16(15)20-19(17)26/h5-11,20,26H,3-4H2,1-2H3. The van der Waals surface area contributed by atoms with Gasteiger partial charge in [-0.3, -0.25) is 14.9 Å². The fourth-order valence-corrected chi connectivity index (χ4v) is 2.92. The van der Waals surface area contributed by atoms with Crippen molar-refractivity contribution in [3.05, 3.63) is 58.1 Å². The lowest BCUT2D eigenvalue weighted by Crippen LogP contribution is -2.21. The largest absolute Gasteiger partial charge is 0.493 e. The summed E-state index contributed by atoms with van der Waals surface area (Å²) in [6, 6.07) is 11.0. The Morgan fingerprint density at radius 2 is 1.86 bits per heavy atom. The highest BCUT2D eigenvalue weighted by molar-refractivity contribution is 5.97. The van der Waals surface area contributed by atoms with Gasteiger partial charge in [-0.1, -0.05) is 0 Å². The predicted molar refractivity (Wildman–Crippen MR) is 105 cm³/mol. The molecule has 0 saturated heterocycles. The minimum Gasteiger partial charge on any atom is -0.493 e. The van der Waals surface area contributed by atoms with Crippen molar-refractivity contribution in [1.29, 1.82) is 0 Å². The Kier molecular flexibility index (Phi) is 5.35. The van der Waals surface area contributed by atoms with E-state index in [1.54, 1.807) is 12.1 Å². The van der Waals surface area contributed by atoms with Crippen molar-refractivity contribution in [1.82, 2.24) is 4.98 Å². The van der Waals surface area contributed by atoms with Crippen LogP contribution in [-0.2, 0) is 0 Å².